The predicted molar refractivity (Wildman–Crippen MR) is 114 cm³/mol. The van der Waals surface area contributed by atoms with Crippen LogP contribution in [0.25, 0.3) is 0 Å². The zero-order valence-electron chi connectivity index (χ0n) is 17.2. The Morgan fingerprint density at radius 2 is 1.59 bits per heavy atom. The van der Waals surface area contributed by atoms with Crippen LogP contribution in [0.2, 0.25) is 0 Å². The van der Waals surface area contributed by atoms with Gasteiger partial charge in [-0.1, -0.05) is 44.7 Å². The summed E-state index contributed by atoms with van der Waals surface area (Å²) in [5.41, 5.74) is 5.45. The first-order chi connectivity index (χ1) is 12.9. The molecule has 0 aliphatic heterocycles. The number of esters is 1. The summed E-state index contributed by atoms with van der Waals surface area (Å²) in [5.74, 6) is 2.12. The normalized spacial score (nSPS) is 19.7. The van der Waals surface area contributed by atoms with Crippen LogP contribution in [0.3, 0.4) is 0 Å². The molecule has 1 fully saturated rings. The Hall–Kier alpha value is -2.09. The molecule has 0 amide bonds. The Bertz CT molecular complexity index is 764. The van der Waals surface area contributed by atoms with E-state index in [1.165, 1.54) is 43.2 Å². The molecule has 0 radical (unpaired) electrons. The Labute approximate surface area is 165 Å². The third-order valence-corrected chi connectivity index (χ3v) is 6.28. The van der Waals surface area contributed by atoms with Crippen molar-refractivity contribution in [2.24, 2.45) is 11.8 Å². The Balaban J connectivity index is 0.00000280. The van der Waals surface area contributed by atoms with E-state index >= 15 is 0 Å². The molecular formula is C25H34O2. The van der Waals surface area contributed by atoms with Crippen molar-refractivity contribution in [3.63, 3.8) is 0 Å². The van der Waals surface area contributed by atoms with Gasteiger partial charge in [0.1, 0.15) is 5.75 Å². The lowest BCUT2D eigenvalue weighted by atomic mass is 9.80. The Kier molecular flexibility index (Phi) is 6.36. The SMILES string of the molecule is Cc1cc(OC(=O)c2ccc(CCC3CCC(C)CC3)cc2)cc(C)c1C.[HH]. The summed E-state index contributed by atoms with van der Waals surface area (Å²) in [7, 11) is 0. The van der Waals surface area contributed by atoms with E-state index in [0.29, 0.717) is 11.3 Å². The lowest BCUT2D eigenvalue weighted by Crippen LogP contribution is -2.13. The fourth-order valence-corrected chi connectivity index (χ4v) is 4.02. The number of benzene rings is 2. The minimum atomic E-state index is -0.287. The van der Waals surface area contributed by atoms with Crippen molar-refractivity contribution in [1.82, 2.24) is 0 Å². The van der Waals surface area contributed by atoms with Crippen LogP contribution in [0, 0.1) is 32.6 Å². The summed E-state index contributed by atoms with van der Waals surface area (Å²) < 4.78 is 5.58. The molecule has 3 rings (SSSR count). The van der Waals surface area contributed by atoms with Crippen molar-refractivity contribution in [3.8, 4) is 5.75 Å². The lowest BCUT2D eigenvalue weighted by molar-refractivity contribution is 0.0734. The van der Waals surface area contributed by atoms with Crippen LogP contribution in [-0.2, 0) is 6.42 Å². The maximum absolute atomic E-state index is 12.4. The second kappa shape index (κ2) is 8.73. The molecule has 0 aromatic heterocycles. The third-order valence-electron chi connectivity index (χ3n) is 6.28. The third kappa shape index (κ3) is 5.22. The van der Waals surface area contributed by atoms with Crippen LogP contribution in [-0.4, -0.2) is 5.97 Å². The van der Waals surface area contributed by atoms with Gasteiger partial charge in [0.05, 0.1) is 5.56 Å². The molecule has 1 aliphatic rings. The van der Waals surface area contributed by atoms with E-state index in [1.807, 2.05) is 38.1 Å². The zero-order chi connectivity index (χ0) is 19.4. The van der Waals surface area contributed by atoms with Crippen molar-refractivity contribution >= 4 is 5.97 Å². The largest absolute Gasteiger partial charge is 0.423 e. The van der Waals surface area contributed by atoms with Crippen LogP contribution < -0.4 is 4.74 Å². The van der Waals surface area contributed by atoms with Gasteiger partial charge in [0.25, 0.3) is 0 Å². The molecule has 1 saturated carbocycles. The van der Waals surface area contributed by atoms with Gasteiger partial charge in [0.15, 0.2) is 0 Å². The van der Waals surface area contributed by atoms with Crippen molar-refractivity contribution in [1.29, 1.82) is 0 Å². The molecule has 2 aromatic carbocycles. The van der Waals surface area contributed by atoms with Crippen LogP contribution in [0.4, 0.5) is 0 Å². The summed E-state index contributed by atoms with van der Waals surface area (Å²) in [6, 6.07) is 11.8. The zero-order valence-corrected chi connectivity index (χ0v) is 17.2. The highest BCUT2D eigenvalue weighted by molar-refractivity contribution is 5.91. The lowest BCUT2D eigenvalue weighted by Gasteiger charge is -2.26. The minimum Gasteiger partial charge on any atom is -0.423 e. The van der Waals surface area contributed by atoms with Gasteiger partial charge in [-0.2, -0.15) is 0 Å². The average molecular weight is 367 g/mol. The van der Waals surface area contributed by atoms with Gasteiger partial charge in [-0.05, 0) is 92.0 Å². The molecule has 0 atom stereocenters. The van der Waals surface area contributed by atoms with Crippen molar-refractivity contribution in [2.75, 3.05) is 0 Å². The number of carbonyl (C=O) groups excluding carboxylic acids is 1. The average Bonchev–Trinajstić information content (AvgIpc) is 2.66. The first-order valence-corrected chi connectivity index (χ1v) is 10.3. The molecule has 2 heteroatoms. The van der Waals surface area contributed by atoms with Crippen molar-refractivity contribution in [3.05, 3.63) is 64.2 Å². The molecule has 0 unspecified atom stereocenters. The summed E-state index contributed by atoms with van der Waals surface area (Å²) in [6.45, 7) is 8.54. The van der Waals surface area contributed by atoms with E-state index in [1.54, 1.807) is 0 Å². The molecule has 27 heavy (non-hydrogen) atoms. The second-order valence-electron chi connectivity index (χ2n) is 8.43. The smallest absolute Gasteiger partial charge is 0.343 e. The number of ether oxygens (including phenoxy) is 1. The molecule has 2 aromatic rings. The van der Waals surface area contributed by atoms with E-state index in [4.69, 9.17) is 4.74 Å². The highest BCUT2D eigenvalue weighted by atomic mass is 16.5. The van der Waals surface area contributed by atoms with E-state index < -0.39 is 0 Å². The minimum absolute atomic E-state index is 0. The summed E-state index contributed by atoms with van der Waals surface area (Å²) in [4.78, 5) is 12.4. The maximum atomic E-state index is 12.4. The monoisotopic (exact) mass is 366 g/mol. The summed E-state index contributed by atoms with van der Waals surface area (Å²) in [6.07, 6.45) is 7.88. The highest BCUT2D eigenvalue weighted by Crippen LogP contribution is 2.31. The topological polar surface area (TPSA) is 26.3 Å². The van der Waals surface area contributed by atoms with Gasteiger partial charge in [0.2, 0.25) is 0 Å². The number of rotatable bonds is 5. The standard InChI is InChI=1S/C25H32O2.H2/c1-17-5-7-21(8-6-17)9-10-22-11-13-23(14-12-22)25(26)27-24-15-18(2)20(4)19(3)16-24;/h11-17,21H,5-10H2,1-4H3;1H. The van der Waals surface area contributed by atoms with Gasteiger partial charge in [0, 0.05) is 1.43 Å². The Morgan fingerprint density at radius 3 is 2.19 bits per heavy atom. The number of carbonyl (C=O) groups is 1. The fourth-order valence-electron chi connectivity index (χ4n) is 4.02. The number of hydrogen-bond acceptors (Lipinski definition) is 2. The van der Waals surface area contributed by atoms with Gasteiger partial charge in [-0.25, -0.2) is 4.79 Å². The van der Waals surface area contributed by atoms with Crippen molar-refractivity contribution < 1.29 is 11.0 Å². The van der Waals surface area contributed by atoms with Gasteiger partial charge >= 0.3 is 5.97 Å². The van der Waals surface area contributed by atoms with E-state index in [9.17, 15) is 4.79 Å². The van der Waals surface area contributed by atoms with Crippen LogP contribution in [0.5, 0.6) is 5.75 Å². The van der Waals surface area contributed by atoms with Gasteiger partial charge in [-0.3, -0.25) is 0 Å². The highest BCUT2D eigenvalue weighted by Gasteiger charge is 2.18. The molecule has 0 bridgehead atoms. The number of hydrogen-bond donors (Lipinski definition) is 0. The van der Waals surface area contributed by atoms with E-state index in [0.717, 1.165) is 29.4 Å². The molecule has 0 N–H and O–H groups in total. The fraction of sp³-hybridized carbons (Fsp3) is 0.480. The maximum Gasteiger partial charge on any atom is 0.343 e. The second-order valence-corrected chi connectivity index (χ2v) is 8.43. The van der Waals surface area contributed by atoms with Crippen molar-refractivity contribution in [2.45, 2.75) is 66.2 Å². The number of aryl methyl sites for hydroxylation is 3. The molecule has 146 valence electrons. The Morgan fingerprint density at radius 1 is 1.00 bits per heavy atom. The van der Waals surface area contributed by atoms with Gasteiger partial charge < -0.3 is 4.74 Å². The van der Waals surface area contributed by atoms with Crippen LogP contribution >= 0.6 is 0 Å². The molecular weight excluding hydrogens is 332 g/mol. The predicted octanol–water partition coefficient (Wildman–Crippen LogP) is 6.84. The van der Waals surface area contributed by atoms with Crippen LogP contribution in [0.1, 0.15) is 73.1 Å². The van der Waals surface area contributed by atoms with E-state index in [-0.39, 0.29) is 7.40 Å². The molecule has 1 aliphatic carbocycles. The van der Waals surface area contributed by atoms with E-state index in [2.05, 4.69) is 26.0 Å². The molecule has 0 saturated heterocycles. The summed E-state index contributed by atoms with van der Waals surface area (Å²) >= 11 is 0. The summed E-state index contributed by atoms with van der Waals surface area (Å²) in [5, 5.41) is 0. The molecule has 2 nitrogen and oxygen atoms in total. The quantitative estimate of drug-likeness (QED) is 0.428. The first-order valence-electron chi connectivity index (χ1n) is 10.3. The molecule has 0 heterocycles. The molecule has 0 spiro atoms. The van der Waals surface area contributed by atoms with Gasteiger partial charge in [-0.15, -0.1) is 0 Å². The van der Waals surface area contributed by atoms with Crippen LogP contribution in [0.15, 0.2) is 36.4 Å². The first kappa shape index (κ1) is 19.7.